The molecule has 3 aliphatic heterocycles. The Hall–Kier alpha value is -3.12. The first kappa shape index (κ1) is 26.1. The summed E-state index contributed by atoms with van der Waals surface area (Å²) in [7, 11) is 3.28. The Morgan fingerprint density at radius 1 is 1.13 bits per heavy atom. The maximum Gasteiger partial charge on any atom is 0.257 e. The summed E-state index contributed by atoms with van der Waals surface area (Å²) in [5, 5.41) is 9.92. The molecule has 3 aliphatic rings. The van der Waals surface area contributed by atoms with Gasteiger partial charge in [-0.3, -0.25) is 4.79 Å². The van der Waals surface area contributed by atoms with Crippen molar-refractivity contribution in [2.24, 2.45) is 10.9 Å². The fourth-order valence-electron chi connectivity index (χ4n) is 5.15. The molecule has 1 spiro atoms. The van der Waals surface area contributed by atoms with Crippen LogP contribution >= 0.6 is 23.1 Å². The molecule has 0 aliphatic carbocycles. The van der Waals surface area contributed by atoms with E-state index in [1.54, 1.807) is 49.5 Å². The van der Waals surface area contributed by atoms with E-state index >= 15 is 0 Å². The molecule has 2 unspecified atom stereocenters. The van der Waals surface area contributed by atoms with Crippen LogP contribution < -0.4 is 20.1 Å². The SMILES string of the molecule is COc1ccc(CNc2csc(C34COC5(COC5)CC3CSC(NC(=O)c3ccccc3)=N4)n2)c(OC)c1. The molecular formula is C28H30N4O5S2. The molecule has 1 aromatic heterocycles. The van der Waals surface area contributed by atoms with Crippen molar-refractivity contribution in [3.63, 3.8) is 0 Å². The molecule has 6 rings (SSSR count). The van der Waals surface area contributed by atoms with Crippen LogP contribution in [0.3, 0.4) is 0 Å². The molecule has 0 saturated carbocycles. The zero-order chi connectivity index (χ0) is 26.9. The number of benzene rings is 2. The number of aliphatic imine (C=N–C) groups is 1. The first-order valence-electron chi connectivity index (χ1n) is 12.7. The second kappa shape index (κ2) is 10.8. The van der Waals surface area contributed by atoms with Crippen molar-refractivity contribution in [2.45, 2.75) is 24.1 Å². The summed E-state index contributed by atoms with van der Waals surface area (Å²) in [6.07, 6.45) is 0.842. The lowest BCUT2D eigenvalue weighted by atomic mass is 9.75. The third-order valence-electron chi connectivity index (χ3n) is 7.43. The van der Waals surface area contributed by atoms with Gasteiger partial charge in [-0.25, -0.2) is 9.98 Å². The average molecular weight is 567 g/mol. The lowest BCUT2D eigenvalue weighted by Crippen LogP contribution is -2.62. The highest BCUT2D eigenvalue weighted by atomic mass is 32.2. The number of rotatable bonds is 7. The Labute approximate surface area is 235 Å². The number of fused-ring (bicyclic) bond motifs is 1. The summed E-state index contributed by atoms with van der Waals surface area (Å²) in [5.41, 5.74) is 0.679. The number of ether oxygens (including phenoxy) is 4. The van der Waals surface area contributed by atoms with Crippen LogP contribution in [0.1, 0.15) is 27.3 Å². The van der Waals surface area contributed by atoms with Crippen LogP contribution in [0.15, 0.2) is 58.9 Å². The van der Waals surface area contributed by atoms with Gasteiger partial charge >= 0.3 is 0 Å². The molecule has 39 heavy (non-hydrogen) atoms. The number of thioether (sulfide) groups is 1. The molecule has 3 aromatic rings. The number of hydrogen-bond acceptors (Lipinski definition) is 10. The molecule has 2 N–H and O–H groups in total. The lowest BCUT2D eigenvalue weighted by molar-refractivity contribution is -0.249. The summed E-state index contributed by atoms with van der Waals surface area (Å²) >= 11 is 3.14. The van der Waals surface area contributed by atoms with Gasteiger partial charge in [0.1, 0.15) is 33.5 Å². The molecule has 11 heteroatoms. The van der Waals surface area contributed by atoms with Gasteiger partial charge < -0.3 is 29.6 Å². The average Bonchev–Trinajstić information content (AvgIpc) is 3.45. The van der Waals surface area contributed by atoms with Crippen LogP contribution in [0.25, 0.3) is 0 Å². The maximum absolute atomic E-state index is 12.9. The van der Waals surface area contributed by atoms with Crippen molar-refractivity contribution < 1.29 is 23.7 Å². The molecule has 2 fully saturated rings. The number of aromatic nitrogens is 1. The number of thiazole rings is 1. The number of amidine groups is 1. The van der Waals surface area contributed by atoms with Gasteiger partial charge in [0.15, 0.2) is 5.17 Å². The quantitative estimate of drug-likeness (QED) is 0.436. The van der Waals surface area contributed by atoms with Crippen LogP contribution in [0, 0.1) is 5.92 Å². The fourth-order valence-corrected chi connectivity index (χ4v) is 7.28. The first-order valence-corrected chi connectivity index (χ1v) is 14.6. The van der Waals surface area contributed by atoms with Gasteiger partial charge in [0.25, 0.3) is 5.91 Å². The molecule has 1 amide bonds. The largest absolute Gasteiger partial charge is 0.497 e. The predicted molar refractivity (Wildman–Crippen MR) is 152 cm³/mol. The lowest BCUT2D eigenvalue weighted by Gasteiger charge is -2.53. The molecular weight excluding hydrogens is 536 g/mol. The summed E-state index contributed by atoms with van der Waals surface area (Å²) < 4.78 is 22.8. The van der Waals surface area contributed by atoms with Crippen molar-refractivity contribution in [1.29, 1.82) is 0 Å². The van der Waals surface area contributed by atoms with E-state index in [0.717, 1.165) is 40.1 Å². The Bertz CT molecular complexity index is 1380. The Kier molecular flexibility index (Phi) is 7.23. The fraction of sp³-hybridized carbons (Fsp3) is 0.393. The third-order valence-corrected chi connectivity index (χ3v) is 9.47. The van der Waals surface area contributed by atoms with Crippen molar-refractivity contribution in [2.75, 3.05) is 45.1 Å². The van der Waals surface area contributed by atoms with Crippen LogP contribution in [0.2, 0.25) is 0 Å². The van der Waals surface area contributed by atoms with Gasteiger partial charge in [0.05, 0.1) is 34.0 Å². The van der Waals surface area contributed by atoms with E-state index in [1.165, 1.54) is 0 Å². The number of amides is 1. The highest BCUT2D eigenvalue weighted by Gasteiger charge is 2.57. The topological polar surface area (TPSA) is 103 Å². The standard InChI is InChI=1S/C28H30N4O5S2/c1-34-21-9-8-19(22(10-21)35-2)12-29-23-14-38-25(30-23)28-17-37-27(15-36-16-27)11-20(28)13-39-26(32-28)31-24(33)18-6-4-3-5-7-18/h3-10,14,20,29H,11-13,15-17H2,1-2H3,(H,31,32,33). The summed E-state index contributed by atoms with van der Waals surface area (Å²) in [4.78, 5) is 23.0. The highest BCUT2D eigenvalue weighted by Crippen LogP contribution is 2.51. The Morgan fingerprint density at radius 2 is 1.97 bits per heavy atom. The number of carbonyl (C=O) groups is 1. The highest BCUT2D eigenvalue weighted by molar-refractivity contribution is 8.13. The molecule has 0 bridgehead atoms. The molecule has 9 nitrogen and oxygen atoms in total. The van der Waals surface area contributed by atoms with E-state index in [9.17, 15) is 4.79 Å². The van der Waals surface area contributed by atoms with Crippen molar-refractivity contribution in [3.8, 4) is 11.5 Å². The molecule has 2 aromatic carbocycles. The van der Waals surface area contributed by atoms with Gasteiger partial charge in [0, 0.05) is 40.8 Å². The van der Waals surface area contributed by atoms with Crippen LogP contribution in [-0.4, -0.2) is 61.5 Å². The number of anilines is 1. The van der Waals surface area contributed by atoms with Crippen LogP contribution in [0.5, 0.6) is 11.5 Å². The van der Waals surface area contributed by atoms with E-state index in [0.29, 0.717) is 37.1 Å². The van der Waals surface area contributed by atoms with Gasteiger partial charge in [-0.05, 0) is 30.7 Å². The predicted octanol–water partition coefficient (Wildman–Crippen LogP) is 4.31. The third kappa shape index (κ3) is 5.11. The minimum Gasteiger partial charge on any atom is -0.497 e. The maximum atomic E-state index is 12.9. The van der Waals surface area contributed by atoms with Crippen molar-refractivity contribution in [1.82, 2.24) is 10.3 Å². The van der Waals surface area contributed by atoms with Gasteiger partial charge in [-0.15, -0.1) is 11.3 Å². The Morgan fingerprint density at radius 3 is 2.72 bits per heavy atom. The molecule has 204 valence electrons. The number of carbonyl (C=O) groups excluding carboxylic acids is 1. The Balaban J connectivity index is 1.25. The molecule has 2 atom stereocenters. The summed E-state index contributed by atoms with van der Waals surface area (Å²) in [5.74, 6) is 3.09. The number of nitrogens with one attached hydrogen (secondary N) is 2. The van der Waals surface area contributed by atoms with Crippen LogP contribution in [0.4, 0.5) is 5.82 Å². The van der Waals surface area contributed by atoms with Crippen LogP contribution in [-0.2, 0) is 21.6 Å². The van der Waals surface area contributed by atoms with E-state index in [2.05, 4.69) is 10.6 Å². The van der Waals surface area contributed by atoms with E-state index in [4.69, 9.17) is 28.9 Å². The monoisotopic (exact) mass is 566 g/mol. The second-order valence-corrected chi connectivity index (χ2v) is 11.8. The van der Waals surface area contributed by atoms with Gasteiger partial charge in [-0.2, -0.15) is 0 Å². The smallest absolute Gasteiger partial charge is 0.257 e. The van der Waals surface area contributed by atoms with E-state index in [1.807, 2.05) is 41.8 Å². The van der Waals surface area contributed by atoms with Gasteiger partial charge in [-0.1, -0.05) is 30.0 Å². The van der Waals surface area contributed by atoms with E-state index < -0.39 is 5.54 Å². The van der Waals surface area contributed by atoms with E-state index in [-0.39, 0.29) is 17.4 Å². The van der Waals surface area contributed by atoms with Crippen molar-refractivity contribution in [3.05, 3.63) is 70.0 Å². The number of hydrogen-bond donors (Lipinski definition) is 2. The molecule has 4 heterocycles. The minimum atomic E-state index is -0.673. The summed E-state index contributed by atoms with van der Waals surface area (Å²) in [6.45, 7) is 2.16. The molecule has 2 saturated heterocycles. The van der Waals surface area contributed by atoms with Gasteiger partial charge in [0.2, 0.25) is 0 Å². The number of nitrogens with zero attached hydrogens (tertiary/aromatic N) is 2. The normalized spacial score (nSPS) is 23.2. The number of methoxy groups -OCH3 is 2. The minimum absolute atomic E-state index is 0.175. The summed E-state index contributed by atoms with van der Waals surface area (Å²) in [6, 6.07) is 14.9. The second-order valence-electron chi connectivity index (χ2n) is 9.91. The first-order chi connectivity index (χ1) is 19.0. The molecule has 0 radical (unpaired) electrons. The zero-order valence-corrected chi connectivity index (χ0v) is 23.4. The van der Waals surface area contributed by atoms with Crippen molar-refractivity contribution >= 4 is 40.0 Å². The zero-order valence-electron chi connectivity index (χ0n) is 21.8.